The van der Waals surface area contributed by atoms with Crippen LogP contribution in [0.1, 0.15) is 25.0 Å². The summed E-state index contributed by atoms with van der Waals surface area (Å²) in [5.41, 5.74) is 0.865. The Hall–Kier alpha value is -1.91. The molecule has 1 atom stereocenters. The summed E-state index contributed by atoms with van der Waals surface area (Å²) in [5.74, 6) is -0.923. The van der Waals surface area contributed by atoms with Crippen LogP contribution in [0.5, 0.6) is 0 Å². The molecule has 0 amide bonds. The first-order valence-electron chi connectivity index (χ1n) is 6.03. The zero-order chi connectivity index (χ0) is 15.2. The van der Waals surface area contributed by atoms with Crippen molar-refractivity contribution in [3.05, 3.63) is 35.4 Å². The fourth-order valence-electron chi connectivity index (χ4n) is 1.58. The summed E-state index contributed by atoms with van der Waals surface area (Å²) in [6.45, 7) is 3.25. The molecule has 0 saturated carbocycles. The van der Waals surface area contributed by atoms with Crippen LogP contribution in [0.4, 0.5) is 0 Å². The van der Waals surface area contributed by atoms with E-state index in [1.807, 2.05) is 6.07 Å². The van der Waals surface area contributed by atoms with Crippen LogP contribution in [-0.2, 0) is 25.3 Å². The average Bonchev–Trinajstić information content (AvgIpc) is 2.38. The zero-order valence-electron chi connectivity index (χ0n) is 11.3. The van der Waals surface area contributed by atoms with Crippen LogP contribution >= 0.6 is 0 Å². The van der Waals surface area contributed by atoms with Gasteiger partial charge in [-0.3, -0.25) is 4.79 Å². The molecule has 6 nitrogen and oxygen atoms in total. The van der Waals surface area contributed by atoms with Crippen molar-refractivity contribution < 1.29 is 17.9 Å². The molecule has 1 aromatic carbocycles. The molecule has 0 aliphatic heterocycles. The van der Waals surface area contributed by atoms with Gasteiger partial charge < -0.3 is 4.74 Å². The standard InChI is InChI=1S/C13H16N2O4S/c1-3-19-13(16)10(2)15-20(17,18)9-12-6-4-5-11(7-12)8-14/h4-7,10,15H,3,9H2,1-2H3. The summed E-state index contributed by atoms with van der Waals surface area (Å²) in [6, 6.07) is 7.29. The van der Waals surface area contributed by atoms with E-state index in [-0.39, 0.29) is 12.4 Å². The Kier molecular flexibility index (Phi) is 5.67. The summed E-state index contributed by atoms with van der Waals surface area (Å²) in [5, 5.41) is 8.76. The van der Waals surface area contributed by atoms with E-state index in [1.54, 1.807) is 25.1 Å². The van der Waals surface area contributed by atoms with E-state index in [0.29, 0.717) is 11.1 Å². The van der Waals surface area contributed by atoms with Gasteiger partial charge in [-0.25, -0.2) is 13.1 Å². The van der Waals surface area contributed by atoms with Gasteiger partial charge in [-0.2, -0.15) is 5.26 Å². The predicted molar refractivity (Wildman–Crippen MR) is 73.0 cm³/mol. The van der Waals surface area contributed by atoms with E-state index in [0.717, 1.165) is 0 Å². The van der Waals surface area contributed by atoms with Crippen LogP contribution < -0.4 is 4.72 Å². The van der Waals surface area contributed by atoms with Crippen LogP contribution in [0.25, 0.3) is 0 Å². The third-order valence-corrected chi connectivity index (χ3v) is 3.84. The van der Waals surface area contributed by atoms with Gasteiger partial charge in [-0.1, -0.05) is 12.1 Å². The minimum Gasteiger partial charge on any atom is -0.465 e. The molecule has 0 fully saturated rings. The topological polar surface area (TPSA) is 96.3 Å². The Morgan fingerprint density at radius 3 is 2.80 bits per heavy atom. The normalized spacial score (nSPS) is 12.4. The zero-order valence-corrected chi connectivity index (χ0v) is 12.1. The molecule has 0 aliphatic rings. The van der Waals surface area contributed by atoms with E-state index < -0.39 is 22.0 Å². The number of ether oxygens (including phenoxy) is 1. The van der Waals surface area contributed by atoms with Crippen molar-refractivity contribution in [2.24, 2.45) is 0 Å². The molecule has 1 N–H and O–H groups in total. The lowest BCUT2D eigenvalue weighted by atomic mass is 10.2. The lowest BCUT2D eigenvalue weighted by molar-refractivity contribution is -0.144. The number of nitriles is 1. The quantitative estimate of drug-likeness (QED) is 0.788. The number of nitrogens with zero attached hydrogens (tertiary/aromatic N) is 1. The van der Waals surface area contributed by atoms with E-state index in [9.17, 15) is 13.2 Å². The number of carbonyl (C=O) groups excluding carboxylic acids is 1. The van der Waals surface area contributed by atoms with E-state index >= 15 is 0 Å². The highest BCUT2D eigenvalue weighted by atomic mass is 32.2. The Morgan fingerprint density at radius 1 is 1.50 bits per heavy atom. The Labute approximate surface area is 118 Å². The highest BCUT2D eigenvalue weighted by Crippen LogP contribution is 2.08. The third kappa shape index (κ3) is 4.99. The summed E-state index contributed by atoms with van der Waals surface area (Å²) < 4.78 is 30.8. The minimum absolute atomic E-state index is 0.190. The number of sulfonamides is 1. The van der Waals surface area contributed by atoms with E-state index in [4.69, 9.17) is 10.00 Å². The first-order valence-corrected chi connectivity index (χ1v) is 7.69. The van der Waals surface area contributed by atoms with Crippen molar-refractivity contribution in [2.45, 2.75) is 25.6 Å². The van der Waals surface area contributed by atoms with Gasteiger partial charge in [0, 0.05) is 0 Å². The van der Waals surface area contributed by atoms with E-state index in [2.05, 4.69) is 4.72 Å². The third-order valence-electron chi connectivity index (χ3n) is 2.41. The van der Waals surface area contributed by atoms with Gasteiger partial charge in [0.05, 0.1) is 24.0 Å². The summed E-state index contributed by atoms with van der Waals surface area (Å²) in [7, 11) is -3.68. The molecule has 20 heavy (non-hydrogen) atoms. The summed E-state index contributed by atoms with van der Waals surface area (Å²) in [6.07, 6.45) is 0. The second kappa shape index (κ2) is 7.03. The number of hydrogen-bond acceptors (Lipinski definition) is 5. The van der Waals surface area contributed by atoms with Crippen LogP contribution in [0, 0.1) is 11.3 Å². The molecule has 7 heteroatoms. The molecule has 108 valence electrons. The number of rotatable bonds is 6. The van der Waals surface area contributed by atoms with Crippen molar-refractivity contribution in [2.75, 3.05) is 6.61 Å². The second-order valence-corrected chi connectivity index (χ2v) is 5.92. The molecule has 1 unspecified atom stereocenters. The number of carbonyl (C=O) groups is 1. The number of nitrogens with one attached hydrogen (secondary N) is 1. The predicted octanol–water partition coefficient (Wildman–Crippen LogP) is 0.929. The van der Waals surface area contributed by atoms with Gasteiger partial charge in [0.1, 0.15) is 6.04 Å². The molecule has 0 heterocycles. The first kappa shape index (κ1) is 16.1. The molecule has 1 rings (SSSR count). The molecular weight excluding hydrogens is 280 g/mol. The van der Waals surface area contributed by atoms with Crippen LogP contribution in [0.15, 0.2) is 24.3 Å². The van der Waals surface area contributed by atoms with E-state index in [1.165, 1.54) is 13.0 Å². The Bertz CT molecular complexity index is 620. The van der Waals surface area contributed by atoms with Crippen molar-refractivity contribution in [3.63, 3.8) is 0 Å². The summed E-state index contributed by atoms with van der Waals surface area (Å²) >= 11 is 0. The molecule has 0 aliphatic carbocycles. The Balaban J connectivity index is 2.75. The number of hydrogen-bond donors (Lipinski definition) is 1. The van der Waals surface area contributed by atoms with Crippen molar-refractivity contribution in [3.8, 4) is 6.07 Å². The number of benzene rings is 1. The lowest BCUT2D eigenvalue weighted by Gasteiger charge is -2.13. The molecule has 0 radical (unpaired) electrons. The smallest absolute Gasteiger partial charge is 0.323 e. The molecule has 0 spiro atoms. The fraction of sp³-hybridized carbons (Fsp3) is 0.385. The second-order valence-electron chi connectivity index (χ2n) is 4.16. The van der Waals surface area contributed by atoms with Gasteiger partial charge in [-0.05, 0) is 31.5 Å². The van der Waals surface area contributed by atoms with Crippen LogP contribution in [-0.4, -0.2) is 27.0 Å². The first-order chi connectivity index (χ1) is 9.38. The van der Waals surface area contributed by atoms with Crippen molar-refractivity contribution >= 4 is 16.0 Å². The van der Waals surface area contributed by atoms with Gasteiger partial charge >= 0.3 is 5.97 Å². The van der Waals surface area contributed by atoms with Crippen LogP contribution in [0.3, 0.4) is 0 Å². The lowest BCUT2D eigenvalue weighted by Crippen LogP contribution is -2.40. The maximum atomic E-state index is 11.9. The molecule has 0 aromatic heterocycles. The monoisotopic (exact) mass is 296 g/mol. The van der Waals surface area contributed by atoms with Crippen molar-refractivity contribution in [1.29, 1.82) is 5.26 Å². The van der Waals surface area contributed by atoms with Gasteiger partial charge in [0.25, 0.3) is 0 Å². The average molecular weight is 296 g/mol. The fourth-order valence-corrected chi connectivity index (χ4v) is 2.91. The van der Waals surface area contributed by atoms with Crippen molar-refractivity contribution in [1.82, 2.24) is 4.72 Å². The SMILES string of the molecule is CCOC(=O)C(C)NS(=O)(=O)Cc1cccc(C#N)c1. The van der Waals surface area contributed by atoms with Gasteiger partial charge in [0.2, 0.25) is 10.0 Å². The van der Waals surface area contributed by atoms with Gasteiger partial charge in [0.15, 0.2) is 0 Å². The highest BCUT2D eigenvalue weighted by molar-refractivity contribution is 7.88. The Morgan fingerprint density at radius 2 is 2.20 bits per heavy atom. The van der Waals surface area contributed by atoms with Crippen LogP contribution in [0.2, 0.25) is 0 Å². The van der Waals surface area contributed by atoms with Gasteiger partial charge in [-0.15, -0.1) is 0 Å². The minimum atomic E-state index is -3.68. The maximum absolute atomic E-state index is 11.9. The summed E-state index contributed by atoms with van der Waals surface area (Å²) in [4.78, 5) is 11.4. The molecular formula is C13H16N2O4S. The largest absolute Gasteiger partial charge is 0.465 e. The molecule has 0 saturated heterocycles. The highest BCUT2D eigenvalue weighted by Gasteiger charge is 2.21. The molecule has 1 aromatic rings. The maximum Gasteiger partial charge on any atom is 0.323 e. The number of esters is 1. The molecule has 0 bridgehead atoms.